The van der Waals surface area contributed by atoms with Crippen molar-refractivity contribution >= 4 is 5.91 Å². The number of hydrogen-bond donors (Lipinski definition) is 2. The first-order valence-electron chi connectivity index (χ1n) is 4.72. The summed E-state index contributed by atoms with van der Waals surface area (Å²) in [4.78, 5) is 11.5. The van der Waals surface area contributed by atoms with Crippen molar-refractivity contribution in [2.75, 3.05) is 6.54 Å². The van der Waals surface area contributed by atoms with Crippen LogP contribution in [0.4, 0.5) is 0 Å². The minimum atomic E-state index is -0.309. The maximum Gasteiger partial charge on any atom is 0.227 e. The summed E-state index contributed by atoms with van der Waals surface area (Å²) in [5, 5.41) is 12.2. The van der Waals surface area contributed by atoms with Gasteiger partial charge in [0.2, 0.25) is 5.91 Å². The normalized spacial score (nSPS) is 12.1. The van der Waals surface area contributed by atoms with E-state index < -0.39 is 0 Å². The largest absolute Gasteiger partial charge is 0.508 e. The highest BCUT2D eigenvalue weighted by atomic mass is 16.3. The van der Waals surface area contributed by atoms with Crippen LogP contribution < -0.4 is 5.32 Å². The van der Waals surface area contributed by atoms with Crippen molar-refractivity contribution in [3.63, 3.8) is 0 Å². The van der Waals surface area contributed by atoms with Gasteiger partial charge in [0.1, 0.15) is 5.75 Å². The van der Waals surface area contributed by atoms with Gasteiger partial charge in [0.15, 0.2) is 0 Å². The van der Waals surface area contributed by atoms with E-state index >= 15 is 0 Å². The average Bonchev–Trinajstić information content (AvgIpc) is 2.18. The number of nitrogens with one attached hydrogen (secondary N) is 1. The molecule has 1 unspecified atom stereocenters. The first-order valence-corrected chi connectivity index (χ1v) is 4.72. The van der Waals surface area contributed by atoms with Crippen molar-refractivity contribution in [1.29, 1.82) is 0 Å². The molecule has 1 amide bonds. The SMILES string of the molecule is CCNC(=O)C(C)c1ccccc1O. The van der Waals surface area contributed by atoms with Crippen LogP contribution in [0, 0.1) is 0 Å². The van der Waals surface area contributed by atoms with Crippen LogP contribution in [0.25, 0.3) is 0 Å². The highest BCUT2D eigenvalue weighted by molar-refractivity contribution is 5.83. The van der Waals surface area contributed by atoms with Crippen molar-refractivity contribution in [3.05, 3.63) is 29.8 Å². The van der Waals surface area contributed by atoms with E-state index in [1.165, 1.54) is 0 Å². The van der Waals surface area contributed by atoms with Gasteiger partial charge < -0.3 is 10.4 Å². The van der Waals surface area contributed by atoms with Crippen molar-refractivity contribution in [3.8, 4) is 5.75 Å². The van der Waals surface area contributed by atoms with Crippen LogP contribution in [0.5, 0.6) is 5.75 Å². The maximum absolute atomic E-state index is 11.5. The van der Waals surface area contributed by atoms with Gasteiger partial charge in [-0.3, -0.25) is 4.79 Å². The molecule has 1 rings (SSSR count). The number of carbonyl (C=O) groups is 1. The predicted molar refractivity (Wildman–Crippen MR) is 55.2 cm³/mol. The van der Waals surface area contributed by atoms with Gasteiger partial charge in [-0.15, -0.1) is 0 Å². The summed E-state index contributed by atoms with van der Waals surface area (Å²) in [5.41, 5.74) is 0.665. The fraction of sp³-hybridized carbons (Fsp3) is 0.364. The molecule has 0 aromatic heterocycles. The smallest absolute Gasteiger partial charge is 0.227 e. The zero-order valence-electron chi connectivity index (χ0n) is 8.45. The van der Waals surface area contributed by atoms with E-state index in [0.29, 0.717) is 12.1 Å². The minimum absolute atomic E-state index is 0.0611. The number of amides is 1. The van der Waals surface area contributed by atoms with Gasteiger partial charge in [-0.1, -0.05) is 18.2 Å². The van der Waals surface area contributed by atoms with Crippen molar-refractivity contribution in [1.82, 2.24) is 5.32 Å². The summed E-state index contributed by atoms with van der Waals surface area (Å²) in [6, 6.07) is 6.90. The molecule has 3 heteroatoms. The Hall–Kier alpha value is -1.51. The number of carbonyl (C=O) groups excluding carboxylic acids is 1. The third-order valence-corrected chi connectivity index (χ3v) is 2.15. The molecule has 0 spiro atoms. The van der Waals surface area contributed by atoms with Gasteiger partial charge >= 0.3 is 0 Å². The second kappa shape index (κ2) is 4.65. The third-order valence-electron chi connectivity index (χ3n) is 2.15. The molecule has 0 saturated heterocycles. The standard InChI is InChI=1S/C11H15NO2/c1-3-12-11(14)8(2)9-6-4-5-7-10(9)13/h4-8,13H,3H2,1-2H3,(H,12,14). The van der Waals surface area contributed by atoms with Crippen LogP contribution in [-0.2, 0) is 4.79 Å². The molecule has 3 nitrogen and oxygen atoms in total. The van der Waals surface area contributed by atoms with Gasteiger partial charge in [0, 0.05) is 12.1 Å². The number of hydrogen-bond acceptors (Lipinski definition) is 2. The Labute approximate surface area is 83.8 Å². The molecule has 1 aromatic rings. The van der Waals surface area contributed by atoms with E-state index in [0.717, 1.165) is 0 Å². The van der Waals surface area contributed by atoms with Crippen molar-refractivity contribution < 1.29 is 9.90 Å². The van der Waals surface area contributed by atoms with E-state index in [-0.39, 0.29) is 17.6 Å². The zero-order chi connectivity index (χ0) is 10.6. The monoisotopic (exact) mass is 193 g/mol. The predicted octanol–water partition coefficient (Wildman–Crippen LogP) is 1.63. The van der Waals surface area contributed by atoms with Gasteiger partial charge in [0.25, 0.3) is 0 Å². The number of rotatable bonds is 3. The molecule has 0 fully saturated rings. The number of phenolic OH excluding ortho intramolecular Hbond substituents is 1. The van der Waals surface area contributed by atoms with Crippen molar-refractivity contribution in [2.24, 2.45) is 0 Å². The lowest BCUT2D eigenvalue weighted by atomic mass is 9.99. The number of aromatic hydroxyl groups is 1. The van der Waals surface area contributed by atoms with Crippen LogP contribution in [0.2, 0.25) is 0 Å². The Morgan fingerprint density at radius 2 is 2.14 bits per heavy atom. The van der Waals surface area contributed by atoms with Gasteiger partial charge in [-0.25, -0.2) is 0 Å². The Balaban J connectivity index is 2.84. The summed E-state index contributed by atoms with van der Waals surface area (Å²) in [6.45, 7) is 4.26. The Bertz CT molecular complexity index is 323. The highest BCUT2D eigenvalue weighted by Crippen LogP contribution is 2.24. The molecule has 0 aliphatic heterocycles. The molecule has 1 aromatic carbocycles. The number of benzene rings is 1. The van der Waals surface area contributed by atoms with Crippen LogP contribution in [-0.4, -0.2) is 17.6 Å². The number of phenols is 1. The molecule has 0 aliphatic carbocycles. The van der Waals surface area contributed by atoms with Gasteiger partial charge in [-0.2, -0.15) is 0 Å². The molecule has 14 heavy (non-hydrogen) atoms. The van der Waals surface area contributed by atoms with E-state index in [4.69, 9.17) is 0 Å². The molecule has 1 atom stereocenters. The Morgan fingerprint density at radius 3 is 2.71 bits per heavy atom. The Morgan fingerprint density at radius 1 is 1.50 bits per heavy atom. The first kappa shape index (κ1) is 10.6. The topological polar surface area (TPSA) is 49.3 Å². The first-order chi connectivity index (χ1) is 6.66. The molecule has 0 bridgehead atoms. The lowest BCUT2D eigenvalue weighted by Gasteiger charge is -2.12. The second-order valence-corrected chi connectivity index (χ2v) is 3.18. The number of likely N-dealkylation sites (N-methyl/N-ethyl adjacent to an activating group) is 1. The van der Waals surface area contributed by atoms with E-state index in [1.807, 2.05) is 13.0 Å². The molecule has 0 aliphatic rings. The Kier molecular flexibility index (Phi) is 3.51. The van der Waals surface area contributed by atoms with Crippen LogP contribution in [0.3, 0.4) is 0 Å². The lowest BCUT2D eigenvalue weighted by molar-refractivity contribution is -0.122. The van der Waals surface area contributed by atoms with Crippen LogP contribution in [0.15, 0.2) is 24.3 Å². The molecule has 0 saturated carbocycles. The van der Waals surface area contributed by atoms with Gasteiger partial charge in [-0.05, 0) is 19.9 Å². The molecule has 76 valence electrons. The summed E-state index contributed by atoms with van der Waals surface area (Å²) in [7, 11) is 0. The summed E-state index contributed by atoms with van der Waals surface area (Å²) >= 11 is 0. The van der Waals surface area contributed by atoms with Crippen LogP contribution in [0.1, 0.15) is 25.3 Å². The molecule has 0 radical (unpaired) electrons. The van der Waals surface area contributed by atoms with Crippen molar-refractivity contribution in [2.45, 2.75) is 19.8 Å². The summed E-state index contributed by atoms with van der Waals surface area (Å²) < 4.78 is 0. The van der Waals surface area contributed by atoms with Gasteiger partial charge in [0.05, 0.1) is 5.92 Å². The number of para-hydroxylation sites is 1. The second-order valence-electron chi connectivity index (χ2n) is 3.18. The molecule has 0 heterocycles. The third kappa shape index (κ3) is 2.25. The molecule has 2 N–H and O–H groups in total. The zero-order valence-corrected chi connectivity index (χ0v) is 8.45. The van der Waals surface area contributed by atoms with E-state index in [9.17, 15) is 9.90 Å². The molecular formula is C11H15NO2. The van der Waals surface area contributed by atoms with E-state index in [1.54, 1.807) is 25.1 Å². The van der Waals surface area contributed by atoms with Crippen LogP contribution >= 0.6 is 0 Å². The fourth-order valence-electron chi connectivity index (χ4n) is 1.32. The van der Waals surface area contributed by atoms with E-state index in [2.05, 4.69) is 5.32 Å². The quantitative estimate of drug-likeness (QED) is 0.766. The fourth-order valence-corrected chi connectivity index (χ4v) is 1.32. The lowest BCUT2D eigenvalue weighted by Crippen LogP contribution is -2.27. The molecular weight excluding hydrogens is 178 g/mol. The summed E-state index contributed by atoms with van der Waals surface area (Å²) in [6.07, 6.45) is 0. The minimum Gasteiger partial charge on any atom is -0.508 e. The summed E-state index contributed by atoms with van der Waals surface area (Å²) in [5.74, 6) is -0.198. The highest BCUT2D eigenvalue weighted by Gasteiger charge is 2.16. The average molecular weight is 193 g/mol. The maximum atomic E-state index is 11.5.